The Kier molecular flexibility index (Phi) is 2.53. The molecule has 4 rings (SSSR count). The van der Waals surface area contributed by atoms with E-state index in [1.54, 1.807) is 0 Å². The van der Waals surface area contributed by atoms with Crippen LogP contribution in [0.4, 0.5) is 0 Å². The molecule has 0 unspecified atom stereocenters. The summed E-state index contributed by atoms with van der Waals surface area (Å²) < 4.78 is 5.93. The van der Waals surface area contributed by atoms with Gasteiger partial charge in [-0.15, -0.1) is 0 Å². The molecule has 2 nitrogen and oxygen atoms in total. The van der Waals surface area contributed by atoms with Crippen molar-refractivity contribution >= 4 is 5.78 Å². The standard InChI is InChI=1S/C19H18O2/c1-19(2)11-15-10-13(5-8-18(15)21-19)12-3-6-16-14(9-12)4-7-17(16)20/h3,5-6,8-10H,4,7,11H2,1-2H3. The van der Waals surface area contributed by atoms with Crippen molar-refractivity contribution in [2.24, 2.45) is 0 Å². The first-order valence-corrected chi connectivity index (χ1v) is 7.50. The van der Waals surface area contributed by atoms with E-state index in [2.05, 4.69) is 44.2 Å². The van der Waals surface area contributed by atoms with E-state index in [-0.39, 0.29) is 11.4 Å². The number of aryl methyl sites for hydroxylation is 1. The molecule has 0 saturated heterocycles. The third-order valence-corrected chi connectivity index (χ3v) is 4.42. The molecule has 2 aliphatic rings. The van der Waals surface area contributed by atoms with Crippen molar-refractivity contribution in [3.8, 4) is 16.9 Å². The minimum absolute atomic E-state index is 0.106. The SMILES string of the molecule is CC1(C)Cc2cc(-c3ccc4c(c3)CCC4=O)ccc2O1. The van der Waals surface area contributed by atoms with Crippen LogP contribution >= 0.6 is 0 Å². The lowest BCUT2D eigenvalue weighted by Crippen LogP contribution is -2.24. The Morgan fingerprint density at radius 3 is 2.48 bits per heavy atom. The average molecular weight is 278 g/mol. The van der Waals surface area contributed by atoms with Crippen LogP contribution in [0.2, 0.25) is 0 Å². The lowest BCUT2D eigenvalue weighted by Gasteiger charge is -2.16. The third-order valence-electron chi connectivity index (χ3n) is 4.42. The van der Waals surface area contributed by atoms with E-state index >= 15 is 0 Å². The minimum atomic E-state index is -0.106. The maximum absolute atomic E-state index is 11.7. The van der Waals surface area contributed by atoms with E-state index < -0.39 is 0 Å². The molecule has 0 bridgehead atoms. The summed E-state index contributed by atoms with van der Waals surface area (Å²) in [5.41, 5.74) is 5.66. The number of ether oxygens (including phenoxy) is 1. The number of carbonyl (C=O) groups is 1. The fourth-order valence-electron chi connectivity index (χ4n) is 3.42. The van der Waals surface area contributed by atoms with Crippen LogP contribution < -0.4 is 4.74 Å². The topological polar surface area (TPSA) is 26.3 Å². The van der Waals surface area contributed by atoms with Gasteiger partial charge in [-0.2, -0.15) is 0 Å². The van der Waals surface area contributed by atoms with E-state index in [0.717, 1.165) is 24.2 Å². The average Bonchev–Trinajstić information content (AvgIpc) is 2.96. The Bertz CT molecular complexity index is 756. The van der Waals surface area contributed by atoms with Crippen LogP contribution in [0.1, 0.15) is 41.8 Å². The van der Waals surface area contributed by atoms with Gasteiger partial charge in [0.1, 0.15) is 11.4 Å². The number of ketones is 1. The first kappa shape index (κ1) is 12.6. The number of hydrogen-bond acceptors (Lipinski definition) is 2. The smallest absolute Gasteiger partial charge is 0.163 e. The molecule has 2 aromatic carbocycles. The summed E-state index contributed by atoms with van der Waals surface area (Å²) >= 11 is 0. The highest BCUT2D eigenvalue weighted by atomic mass is 16.5. The minimum Gasteiger partial charge on any atom is -0.487 e. The Morgan fingerprint density at radius 1 is 0.952 bits per heavy atom. The molecule has 1 aliphatic carbocycles. The van der Waals surface area contributed by atoms with Gasteiger partial charge in [-0.3, -0.25) is 4.79 Å². The van der Waals surface area contributed by atoms with Gasteiger partial charge < -0.3 is 4.74 Å². The van der Waals surface area contributed by atoms with Gasteiger partial charge in [-0.25, -0.2) is 0 Å². The van der Waals surface area contributed by atoms with Gasteiger partial charge in [0.05, 0.1) is 0 Å². The molecule has 0 aromatic heterocycles. The van der Waals surface area contributed by atoms with Crippen molar-refractivity contribution in [3.05, 3.63) is 53.1 Å². The largest absolute Gasteiger partial charge is 0.487 e. The Hall–Kier alpha value is -2.09. The van der Waals surface area contributed by atoms with Crippen molar-refractivity contribution in [2.75, 3.05) is 0 Å². The van der Waals surface area contributed by atoms with E-state index in [1.807, 2.05) is 6.07 Å². The van der Waals surface area contributed by atoms with Crippen molar-refractivity contribution in [2.45, 2.75) is 38.7 Å². The summed E-state index contributed by atoms with van der Waals surface area (Å²) in [5, 5.41) is 0. The van der Waals surface area contributed by atoms with Crippen LogP contribution in [0.5, 0.6) is 5.75 Å². The Morgan fingerprint density at radius 2 is 1.67 bits per heavy atom. The quantitative estimate of drug-likeness (QED) is 0.781. The molecule has 2 aromatic rings. The highest BCUT2D eigenvalue weighted by Crippen LogP contribution is 2.38. The maximum Gasteiger partial charge on any atom is 0.163 e. The number of Topliss-reactive ketones (excluding diaryl/α,β-unsaturated/α-hetero) is 1. The predicted molar refractivity (Wildman–Crippen MR) is 82.9 cm³/mol. The fourth-order valence-corrected chi connectivity index (χ4v) is 3.42. The second-order valence-corrected chi connectivity index (χ2v) is 6.66. The van der Waals surface area contributed by atoms with Gasteiger partial charge in [-0.05, 0) is 54.7 Å². The maximum atomic E-state index is 11.7. The molecule has 1 heterocycles. The van der Waals surface area contributed by atoms with Crippen LogP contribution in [0, 0.1) is 0 Å². The lowest BCUT2D eigenvalue weighted by atomic mass is 9.96. The van der Waals surface area contributed by atoms with Gasteiger partial charge in [-0.1, -0.05) is 24.3 Å². The van der Waals surface area contributed by atoms with Crippen LogP contribution in [0.15, 0.2) is 36.4 Å². The molecular weight excluding hydrogens is 260 g/mol. The molecule has 2 heteroatoms. The van der Waals surface area contributed by atoms with E-state index in [1.165, 1.54) is 22.3 Å². The summed E-state index contributed by atoms with van der Waals surface area (Å²) in [7, 11) is 0. The third kappa shape index (κ3) is 2.06. The number of fused-ring (bicyclic) bond motifs is 2. The Labute approximate surface area is 124 Å². The van der Waals surface area contributed by atoms with Gasteiger partial charge in [0, 0.05) is 18.4 Å². The zero-order valence-electron chi connectivity index (χ0n) is 12.4. The van der Waals surface area contributed by atoms with Crippen LogP contribution in [0.25, 0.3) is 11.1 Å². The summed E-state index contributed by atoms with van der Waals surface area (Å²) in [5.74, 6) is 1.28. The number of hydrogen-bond donors (Lipinski definition) is 0. The van der Waals surface area contributed by atoms with Crippen LogP contribution in [-0.2, 0) is 12.8 Å². The number of carbonyl (C=O) groups excluding carboxylic acids is 1. The fraction of sp³-hybridized carbons (Fsp3) is 0.316. The lowest BCUT2D eigenvalue weighted by molar-refractivity contribution is 0.0994. The van der Waals surface area contributed by atoms with Crippen LogP contribution in [0.3, 0.4) is 0 Å². The highest BCUT2D eigenvalue weighted by molar-refractivity contribution is 6.00. The van der Waals surface area contributed by atoms with Crippen molar-refractivity contribution in [1.29, 1.82) is 0 Å². The molecule has 0 saturated carbocycles. The van der Waals surface area contributed by atoms with Crippen molar-refractivity contribution in [3.63, 3.8) is 0 Å². The highest BCUT2D eigenvalue weighted by Gasteiger charge is 2.30. The van der Waals surface area contributed by atoms with Gasteiger partial charge in [0.2, 0.25) is 0 Å². The first-order valence-electron chi connectivity index (χ1n) is 7.50. The molecule has 21 heavy (non-hydrogen) atoms. The molecule has 106 valence electrons. The van der Waals surface area contributed by atoms with E-state index in [9.17, 15) is 4.79 Å². The molecule has 1 aliphatic heterocycles. The van der Waals surface area contributed by atoms with E-state index in [0.29, 0.717) is 6.42 Å². The summed E-state index contributed by atoms with van der Waals surface area (Å²) in [6.07, 6.45) is 2.48. The summed E-state index contributed by atoms with van der Waals surface area (Å²) in [6.45, 7) is 4.24. The zero-order valence-corrected chi connectivity index (χ0v) is 12.4. The molecule has 0 amide bonds. The van der Waals surface area contributed by atoms with Gasteiger partial charge in [0.25, 0.3) is 0 Å². The molecule has 0 spiro atoms. The van der Waals surface area contributed by atoms with Gasteiger partial charge in [0.15, 0.2) is 5.78 Å². The van der Waals surface area contributed by atoms with Crippen LogP contribution in [-0.4, -0.2) is 11.4 Å². The molecule has 0 atom stereocenters. The first-order chi connectivity index (χ1) is 10.0. The molecular formula is C19H18O2. The van der Waals surface area contributed by atoms with E-state index in [4.69, 9.17) is 4.74 Å². The predicted octanol–water partition coefficient (Wildman–Crippen LogP) is 4.20. The normalized spacial score (nSPS) is 18.3. The molecule has 0 N–H and O–H groups in total. The van der Waals surface area contributed by atoms with Crippen molar-refractivity contribution < 1.29 is 9.53 Å². The summed E-state index contributed by atoms with van der Waals surface area (Å²) in [6, 6.07) is 12.6. The molecule has 0 fully saturated rings. The Balaban J connectivity index is 1.74. The number of rotatable bonds is 1. The van der Waals surface area contributed by atoms with Gasteiger partial charge >= 0.3 is 0 Å². The summed E-state index contributed by atoms with van der Waals surface area (Å²) in [4.78, 5) is 11.7. The second-order valence-electron chi connectivity index (χ2n) is 6.66. The monoisotopic (exact) mass is 278 g/mol. The number of benzene rings is 2. The molecule has 0 radical (unpaired) electrons. The second kappa shape index (κ2) is 4.20. The zero-order chi connectivity index (χ0) is 14.6. The van der Waals surface area contributed by atoms with Crippen molar-refractivity contribution in [1.82, 2.24) is 0 Å².